The molecular weight excluding hydrogens is 420 g/mol. The van der Waals surface area contributed by atoms with Gasteiger partial charge in [-0.2, -0.15) is 4.98 Å². The Morgan fingerprint density at radius 2 is 1.77 bits per heavy atom. The van der Waals surface area contributed by atoms with Crippen LogP contribution in [-0.4, -0.2) is 36.0 Å². The van der Waals surface area contributed by atoms with Gasteiger partial charge in [0.1, 0.15) is 0 Å². The molecule has 10 nitrogen and oxygen atoms in total. The second kappa shape index (κ2) is 8.90. The molecule has 0 aliphatic rings. The molecule has 2 aromatic carbocycles. The van der Waals surface area contributed by atoms with Crippen LogP contribution in [-0.2, 0) is 14.8 Å². The summed E-state index contributed by atoms with van der Waals surface area (Å²) in [5.74, 6) is -0.118. The van der Waals surface area contributed by atoms with Crippen LogP contribution in [0.3, 0.4) is 0 Å². The molecule has 31 heavy (non-hydrogen) atoms. The molecule has 4 aromatic rings. The zero-order chi connectivity index (χ0) is 21.7. The molecule has 0 bridgehead atoms. The number of anilines is 1. The van der Waals surface area contributed by atoms with Crippen LogP contribution in [0.4, 0.5) is 6.01 Å². The van der Waals surface area contributed by atoms with Crippen molar-refractivity contribution in [3.63, 3.8) is 0 Å². The summed E-state index contributed by atoms with van der Waals surface area (Å²) in [5.41, 5.74) is 5.59. The molecule has 4 rings (SSSR count). The van der Waals surface area contributed by atoms with Crippen molar-refractivity contribution in [1.82, 2.24) is 25.3 Å². The number of amides is 1. The number of carbonyl (C=O) groups excluding carboxylic acids is 1. The van der Waals surface area contributed by atoms with Gasteiger partial charge in [0.15, 0.2) is 0 Å². The lowest BCUT2D eigenvalue weighted by Crippen LogP contribution is -2.33. The first-order chi connectivity index (χ1) is 15.0. The van der Waals surface area contributed by atoms with Gasteiger partial charge in [0.25, 0.3) is 0 Å². The molecule has 0 saturated heterocycles. The number of pyridine rings is 1. The summed E-state index contributed by atoms with van der Waals surface area (Å²) in [7, 11) is -3.74. The molecule has 0 unspecified atom stereocenters. The molecule has 158 valence electrons. The lowest BCUT2D eigenvalue weighted by molar-refractivity contribution is -0.120. The van der Waals surface area contributed by atoms with E-state index in [4.69, 9.17) is 4.52 Å². The molecular formula is C20H18N6O4S. The van der Waals surface area contributed by atoms with Gasteiger partial charge in [-0.3, -0.25) is 15.2 Å². The number of benzene rings is 2. The third-order valence-electron chi connectivity index (χ3n) is 4.35. The molecule has 0 saturated carbocycles. The van der Waals surface area contributed by atoms with E-state index in [-0.39, 0.29) is 23.9 Å². The molecule has 0 radical (unpaired) electrons. The third kappa shape index (κ3) is 5.02. The first kappa shape index (κ1) is 20.4. The maximum absolute atomic E-state index is 12.5. The van der Waals surface area contributed by atoms with E-state index in [9.17, 15) is 13.2 Å². The van der Waals surface area contributed by atoms with Gasteiger partial charge in [-0.05, 0) is 35.0 Å². The van der Waals surface area contributed by atoms with Gasteiger partial charge in [0, 0.05) is 30.9 Å². The van der Waals surface area contributed by atoms with Gasteiger partial charge in [-0.1, -0.05) is 35.5 Å². The summed E-state index contributed by atoms with van der Waals surface area (Å²) in [6.07, 6.45) is 3.10. The van der Waals surface area contributed by atoms with Crippen LogP contribution >= 0.6 is 0 Å². The normalized spacial score (nSPS) is 11.4. The van der Waals surface area contributed by atoms with Crippen molar-refractivity contribution in [2.45, 2.75) is 11.3 Å². The minimum absolute atomic E-state index is 0.00286. The number of hydrogen-bond donors (Lipinski definition) is 3. The zero-order valence-electron chi connectivity index (χ0n) is 16.1. The number of carbonyl (C=O) groups is 1. The Labute approximate surface area is 177 Å². The van der Waals surface area contributed by atoms with Crippen molar-refractivity contribution in [3.05, 3.63) is 67.0 Å². The Morgan fingerprint density at radius 1 is 1.00 bits per heavy atom. The van der Waals surface area contributed by atoms with E-state index in [1.165, 1.54) is 6.07 Å². The summed E-state index contributed by atoms with van der Waals surface area (Å²) >= 11 is 0. The predicted octanol–water partition coefficient (Wildman–Crippen LogP) is 2.10. The van der Waals surface area contributed by atoms with Gasteiger partial charge in [0.2, 0.25) is 21.8 Å². The number of aromatic nitrogens is 3. The van der Waals surface area contributed by atoms with Gasteiger partial charge in [0.05, 0.1) is 4.90 Å². The first-order valence-corrected chi connectivity index (χ1v) is 10.8. The Bertz CT molecular complexity index is 1310. The summed E-state index contributed by atoms with van der Waals surface area (Å²) in [5, 5.41) is 5.56. The second-order valence-corrected chi connectivity index (χ2v) is 8.26. The molecule has 0 aliphatic heterocycles. The highest BCUT2D eigenvalue weighted by atomic mass is 32.2. The second-order valence-electron chi connectivity index (χ2n) is 6.49. The minimum Gasteiger partial charge on any atom is -0.313 e. The summed E-state index contributed by atoms with van der Waals surface area (Å²) < 4.78 is 32.4. The fourth-order valence-corrected chi connectivity index (χ4v) is 3.86. The first-order valence-electron chi connectivity index (χ1n) is 9.29. The SMILES string of the molecule is O=C(CCNS(=O)(=O)c1ccc2ccccc2c1)NNc1nc(-c2ccncc2)no1. The van der Waals surface area contributed by atoms with Crippen LogP contribution < -0.4 is 15.6 Å². The van der Waals surface area contributed by atoms with Crippen LogP contribution in [0, 0.1) is 0 Å². The van der Waals surface area contributed by atoms with Crippen molar-refractivity contribution in [2.75, 3.05) is 12.0 Å². The zero-order valence-corrected chi connectivity index (χ0v) is 17.0. The van der Waals surface area contributed by atoms with E-state index >= 15 is 0 Å². The molecule has 1 amide bonds. The van der Waals surface area contributed by atoms with E-state index in [2.05, 4.69) is 30.7 Å². The Morgan fingerprint density at radius 3 is 2.58 bits per heavy atom. The van der Waals surface area contributed by atoms with Gasteiger partial charge < -0.3 is 4.52 Å². The average molecular weight is 438 g/mol. The fraction of sp³-hybridized carbons (Fsp3) is 0.100. The average Bonchev–Trinajstić information content (AvgIpc) is 3.27. The number of hydrogen-bond acceptors (Lipinski definition) is 8. The molecule has 0 atom stereocenters. The van der Waals surface area contributed by atoms with Crippen molar-refractivity contribution in [3.8, 4) is 11.4 Å². The summed E-state index contributed by atoms with van der Waals surface area (Å²) in [4.78, 5) is 20.1. The monoisotopic (exact) mass is 438 g/mol. The number of nitrogens with one attached hydrogen (secondary N) is 3. The molecule has 2 aromatic heterocycles. The van der Waals surface area contributed by atoms with Crippen LogP contribution in [0.1, 0.15) is 6.42 Å². The summed E-state index contributed by atoms with van der Waals surface area (Å²) in [6, 6.07) is 15.8. The van der Waals surface area contributed by atoms with E-state index in [1.807, 2.05) is 24.3 Å². The topological polar surface area (TPSA) is 139 Å². The predicted molar refractivity (Wildman–Crippen MR) is 113 cm³/mol. The quantitative estimate of drug-likeness (QED) is 0.355. The molecule has 0 spiro atoms. The van der Waals surface area contributed by atoms with E-state index in [0.717, 1.165) is 10.8 Å². The highest BCUT2D eigenvalue weighted by molar-refractivity contribution is 7.89. The summed E-state index contributed by atoms with van der Waals surface area (Å²) in [6.45, 7) is -0.0746. The molecule has 0 fully saturated rings. The molecule has 0 aliphatic carbocycles. The Hall–Kier alpha value is -3.83. The molecule has 11 heteroatoms. The van der Waals surface area contributed by atoms with Crippen LogP contribution in [0.25, 0.3) is 22.2 Å². The van der Waals surface area contributed by atoms with Crippen molar-refractivity contribution < 1.29 is 17.7 Å². The van der Waals surface area contributed by atoms with E-state index < -0.39 is 15.9 Å². The highest BCUT2D eigenvalue weighted by Crippen LogP contribution is 2.19. The van der Waals surface area contributed by atoms with Crippen molar-refractivity contribution in [1.29, 1.82) is 0 Å². The highest BCUT2D eigenvalue weighted by Gasteiger charge is 2.15. The third-order valence-corrected chi connectivity index (χ3v) is 5.81. The smallest absolute Gasteiger partial charge is 0.313 e. The number of fused-ring (bicyclic) bond motifs is 1. The van der Waals surface area contributed by atoms with Crippen LogP contribution in [0.2, 0.25) is 0 Å². The number of sulfonamides is 1. The standard InChI is InChI=1S/C20H18N6O4S/c27-18(24-25-20-23-19(26-30-20)15-7-10-21-11-8-15)9-12-22-31(28,29)17-6-5-14-3-1-2-4-16(14)13-17/h1-8,10-11,13,22H,9,12H2,(H,24,27)(H,23,25,26). The van der Waals surface area contributed by atoms with Crippen molar-refractivity contribution >= 4 is 32.7 Å². The molecule has 3 N–H and O–H groups in total. The van der Waals surface area contributed by atoms with Gasteiger partial charge in [-0.25, -0.2) is 18.6 Å². The van der Waals surface area contributed by atoms with Crippen LogP contribution in [0.5, 0.6) is 0 Å². The maximum atomic E-state index is 12.5. The number of rotatable bonds is 8. The Kier molecular flexibility index (Phi) is 5.87. The van der Waals surface area contributed by atoms with Gasteiger partial charge in [-0.15, -0.1) is 0 Å². The lowest BCUT2D eigenvalue weighted by Gasteiger charge is -2.08. The van der Waals surface area contributed by atoms with Crippen molar-refractivity contribution in [2.24, 2.45) is 0 Å². The Balaban J connectivity index is 1.27. The minimum atomic E-state index is -3.74. The lowest BCUT2D eigenvalue weighted by atomic mass is 10.1. The van der Waals surface area contributed by atoms with Crippen LogP contribution in [0.15, 0.2) is 76.4 Å². The van der Waals surface area contributed by atoms with Gasteiger partial charge >= 0.3 is 6.01 Å². The molecule has 2 heterocycles. The van der Waals surface area contributed by atoms with E-state index in [1.54, 1.807) is 36.7 Å². The largest absolute Gasteiger partial charge is 0.340 e. The number of nitrogens with zero attached hydrogens (tertiary/aromatic N) is 3. The van der Waals surface area contributed by atoms with E-state index in [0.29, 0.717) is 11.4 Å². The maximum Gasteiger partial charge on any atom is 0.340 e. The number of hydrazine groups is 1. The fourth-order valence-electron chi connectivity index (χ4n) is 2.79.